The monoisotopic (exact) mass is 398 g/mol. The first-order valence-corrected chi connectivity index (χ1v) is 9.26. The third-order valence-corrected chi connectivity index (χ3v) is 4.58. The maximum absolute atomic E-state index is 14.5. The number of hydroxylamine groups is 1. The summed E-state index contributed by atoms with van der Waals surface area (Å²) < 4.78 is 14.5. The van der Waals surface area contributed by atoms with Crippen LogP contribution in [-0.2, 0) is 17.8 Å². The number of rotatable bonds is 9. The number of hydrogen-bond acceptors (Lipinski definition) is 5. The summed E-state index contributed by atoms with van der Waals surface area (Å²) >= 11 is 0. The first kappa shape index (κ1) is 20.7. The number of aliphatic hydroxyl groups is 1. The molecule has 1 aromatic carbocycles. The predicted molar refractivity (Wildman–Crippen MR) is 108 cm³/mol. The Morgan fingerprint density at radius 1 is 1.24 bits per heavy atom. The summed E-state index contributed by atoms with van der Waals surface area (Å²) in [6.45, 7) is 1.36. The van der Waals surface area contributed by atoms with Gasteiger partial charge >= 0.3 is 0 Å². The summed E-state index contributed by atoms with van der Waals surface area (Å²) in [4.78, 5) is 20.6. The van der Waals surface area contributed by atoms with Gasteiger partial charge in [-0.05, 0) is 35.9 Å². The molecule has 0 aliphatic rings. The molecule has 0 unspecified atom stereocenters. The van der Waals surface area contributed by atoms with E-state index in [0.29, 0.717) is 37.2 Å². The van der Waals surface area contributed by atoms with Gasteiger partial charge in [-0.2, -0.15) is 0 Å². The van der Waals surface area contributed by atoms with Crippen LogP contribution in [0.4, 0.5) is 4.39 Å². The van der Waals surface area contributed by atoms with Gasteiger partial charge in [0.25, 0.3) is 5.91 Å². The average Bonchev–Trinajstić information content (AvgIpc) is 3.20. The molecule has 2 aromatic heterocycles. The van der Waals surface area contributed by atoms with Crippen molar-refractivity contribution in [2.45, 2.75) is 13.0 Å². The van der Waals surface area contributed by atoms with Crippen molar-refractivity contribution in [3.63, 3.8) is 0 Å². The van der Waals surface area contributed by atoms with Gasteiger partial charge in [0.1, 0.15) is 11.5 Å². The molecule has 1 amide bonds. The van der Waals surface area contributed by atoms with Crippen LogP contribution in [0.15, 0.2) is 48.7 Å². The number of amides is 1. The number of aromatic amines is 1. The van der Waals surface area contributed by atoms with Gasteiger partial charge in [-0.15, -0.1) is 0 Å². The topological polar surface area (TPSA) is 101 Å². The number of nitrogens with one attached hydrogen (secondary N) is 2. The SMILES string of the molecule is O=C(/C=C/c1ccc(CN(CCO)CCc2ccc3cc[nH]c3n2)c(F)c1)NO. The lowest BCUT2D eigenvalue weighted by atomic mass is 10.1. The fourth-order valence-electron chi connectivity index (χ4n) is 3.04. The number of fused-ring (bicyclic) bond motifs is 1. The summed E-state index contributed by atoms with van der Waals surface area (Å²) in [7, 11) is 0. The van der Waals surface area contributed by atoms with Gasteiger partial charge in [-0.3, -0.25) is 14.9 Å². The maximum atomic E-state index is 14.5. The van der Waals surface area contributed by atoms with E-state index in [1.807, 2.05) is 29.3 Å². The van der Waals surface area contributed by atoms with E-state index in [9.17, 15) is 14.3 Å². The van der Waals surface area contributed by atoms with E-state index in [1.165, 1.54) is 17.6 Å². The highest BCUT2D eigenvalue weighted by atomic mass is 19.1. The standard InChI is InChI=1S/C21H23FN4O3/c22-19-13-15(2-6-20(28)25-29)1-3-17(19)14-26(11-12-27)10-8-18-5-4-16-7-9-23-21(16)24-18/h1-7,9,13,27,29H,8,10-12,14H2,(H,23,24)(H,25,28)/b6-2+. The van der Waals surface area contributed by atoms with E-state index in [2.05, 4.69) is 9.97 Å². The predicted octanol–water partition coefficient (Wildman–Crippen LogP) is 2.26. The van der Waals surface area contributed by atoms with Crippen molar-refractivity contribution in [1.29, 1.82) is 0 Å². The van der Waals surface area contributed by atoms with Crippen molar-refractivity contribution in [2.24, 2.45) is 0 Å². The molecule has 0 aliphatic carbocycles. The van der Waals surface area contributed by atoms with Gasteiger partial charge in [0.2, 0.25) is 0 Å². The molecule has 0 fully saturated rings. The zero-order chi connectivity index (χ0) is 20.6. The second-order valence-corrected chi connectivity index (χ2v) is 6.63. The number of H-pyrrole nitrogens is 1. The summed E-state index contributed by atoms with van der Waals surface area (Å²) in [6, 6.07) is 10.6. The van der Waals surface area contributed by atoms with Gasteiger partial charge < -0.3 is 10.1 Å². The number of aliphatic hydroxyl groups excluding tert-OH is 1. The third-order valence-electron chi connectivity index (χ3n) is 4.58. The molecule has 152 valence electrons. The lowest BCUT2D eigenvalue weighted by molar-refractivity contribution is -0.124. The fraction of sp³-hybridized carbons (Fsp3) is 0.238. The van der Waals surface area contributed by atoms with Gasteiger partial charge in [-0.25, -0.2) is 14.9 Å². The van der Waals surface area contributed by atoms with Crippen LogP contribution in [0.2, 0.25) is 0 Å². The Hall–Kier alpha value is -3.07. The molecule has 0 saturated heterocycles. The smallest absolute Gasteiger partial charge is 0.267 e. The molecule has 3 rings (SSSR count). The van der Waals surface area contributed by atoms with Crippen molar-refractivity contribution in [3.05, 3.63) is 71.3 Å². The van der Waals surface area contributed by atoms with E-state index < -0.39 is 11.7 Å². The molecular weight excluding hydrogens is 375 g/mol. The molecule has 29 heavy (non-hydrogen) atoms. The van der Waals surface area contributed by atoms with Crippen LogP contribution in [0.5, 0.6) is 0 Å². The van der Waals surface area contributed by atoms with Crippen molar-refractivity contribution in [3.8, 4) is 0 Å². The summed E-state index contributed by atoms with van der Waals surface area (Å²) in [5.41, 5.74) is 4.24. The Morgan fingerprint density at radius 2 is 2.10 bits per heavy atom. The maximum Gasteiger partial charge on any atom is 0.267 e. The van der Waals surface area contributed by atoms with Crippen LogP contribution in [0.1, 0.15) is 16.8 Å². The number of carbonyl (C=O) groups is 1. The molecule has 7 nitrogen and oxygen atoms in total. The minimum Gasteiger partial charge on any atom is -0.395 e. The van der Waals surface area contributed by atoms with Crippen LogP contribution in [0, 0.1) is 5.82 Å². The summed E-state index contributed by atoms with van der Waals surface area (Å²) in [5.74, 6) is -1.08. The van der Waals surface area contributed by atoms with Crippen molar-refractivity contribution < 1.29 is 19.5 Å². The molecule has 0 spiro atoms. The average molecular weight is 398 g/mol. The molecule has 0 radical (unpaired) electrons. The quantitative estimate of drug-likeness (QED) is 0.252. The molecule has 3 aromatic rings. The molecule has 2 heterocycles. The van der Waals surface area contributed by atoms with Gasteiger partial charge in [-0.1, -0.05) is 12.1 Å². The van der Waals surface area contributed by atoms with Crippen LogP contribution in [0.25, 0.3) is 17.1 Å². The Balaban J connectivity index is 1.64. The molecule has 0 bridgehead atoms. The Kier molecular flexibility index (Phi) is 7.07. The molecule has 0 aliphatic heterocycles. The van der Waals surface area contributed by atoms with Crippen molar-refractivity contribution in [2.75, 3.05) is 19.7 Å². The van der Waals surface area contributed by atoms with E-state index in [0.717, 1.165) is 22.8 Å². The van der Waals surface area contributed by atoms with Gasteiger partial charge in [0.05, 0.1) is 6.61 Å². The first-order chi connectivity index (χ1) is 14.1. The minimum absolute atomic E-state index is 0.0260. The highest BCUT2D eigenvalue weighted by molar-refractivity contribution is 5.90. The van der Waals surface area contributed by atoms with Crippen LogP contribution in [-0.4, -0.2) is 50.8 Å². The number of carbonyl (C=O) groups excluding carboxylic acids is 1. The number of nitrogens with zero attached hydrogens (tertiary/aromatic N) is 2. The Morgan fingerprint density at radius 3 is 2.86 bits per heavy atom. The molecule has 8 heteroatoms. The number of benzene rings is 1. The largest absolute Gasteiger partial charge is 0.395 e. The second kappa shape index (κ2) is 9.92. The summed E-state index contributed by atoms with van der Waals surface area (Å²) in [6.07, 6.45) is 5.04. The second-order valence-electron chi connectivity index (χ2n) is 6.63. The van der Waals surface area contributed by atoms with Gasteiger partial charge in [0.15, 0.2) is 0 Å². The molecular formula is C21H23FN4O3. The van der Waals surface area contributed by atoms with Crippen molar-refractivity contribution in [1.82, 2.24) is 20.3 Å². The van der Waals surface area contributed by atoms with E-state index in [4.69, 9.17) is 5.21 Å². The highest BCUT2D eigenvalue weighted by Crippen LogP contribution is 2.15. The lowest BCUT2D eigenvalue weighted by Gasteiger charge is -2.21. The first-order valence-electron chi connectivity index (χ1n) is 9.26. The van der Waals surface area contributed by atoms with Crippen LogP contribution in [0.3, 0.4) is 0 Å². The Bertz CT molecular complexity index is 1000. The molecule has 0 saturated carbocycles. The highest BCUT2D eigenvalue weighted by Gasteiger charge is 2.11. The fourth-order valence-corrected chi connectivity index (χ4v) is 3.04. The number of hydrogen-bond donors (Lipinski definition) is 4. The number of halogens is 1. The lowest BCUT2D eigenvalue weighted by Crippen LogP contribution is -2.29. The number of aromatic nitrogens is 2. The minimum atomic E-state index is -0.685. The Labute approximate surface area is 167 Å². The van der Waals surface area contributed by atoms with E-state index in [1.54, 1.807) is 12.1 Å². The molecule has 4 N–H and O–H groups in total. The van der Waals surface area contributed by atoms with E-state index >= 15 is 0 Å². The van der Waals surface area contributed by atoms with Crippen molar-refractivity contribution >= 4 is 23.0 Å². The zero-order valence-corrected chi connectivity index (χ0v) is 15.8. The van der Waals surface area contributed by atoms with Crippen LogP contribution >= 0.6 is 0 Å². The molecule has 0 atom stereocenters. The normalized spacial score (nSPS) is 11.6. The zero-order valence-electron chi connectivity index (χ0n) is 15.8. The summed E-state index contributed by atoms with van der Waals surface area (Å²) in [5, 5.41) is 18.9. The van der Waals surface area contributed by atoms with Crippen LogP contribution < -0.4 is 5.48 Å². The van der Waals surface area contributed by atoms with Gasteiger partial charge in [0, 0.05) is 55.0 Å². The van der Waals surface area contributed by atoms with E-state index in [-0.39, 0.29) is 6.61 Å². The third kappa shape index (κ3) is 5.71. The number of pyridine rings is 1.